The highest BCUT2D eigenvalue weighted by Crippen LogP contribution is 2.26. The molecule has 1 aliphatic rings. The van der Waals surface area contributed by atoms with Gasteiger partial charge in [-0.05, 0) is 55.8 Å². The van der Waals surface area contributed by atoms with Gasteiger partial charge in [0, 0.05) is 26.2 Å². The lowest BCUT2D eigenvalue weighted by Gasteiger charge is -2.36. The van der Waals surface area contributed by atoms with E-state index in [1.54, 1.807) is 0 Å². The van der Waals surface area contributed by atoms with Crippen LogP contribution < -0.4 is 15.0 Å². The molecule has 1 aliphatic heterocycles. The van der Waals surface area contributed by atoms with E-state index in [0.717, 1.165) is 61.0 Å². The van der Waals surface area contributed by atoms with Gasteiger partial charge in [-0.25, -0.2) is 0 Å². The van der Waals surface area contributed by atoms with Crippen LogP contribution in [0.1, 0.15) is 24.5 Å². The van der Waals surface area contributed by atoms with E-state index in [0.29, 0.717) is 13.0 Å². The van der Waals surface area contributed by atoms with Crippen molar-refractivity contribution in [2.45, 2.75) is 27.2 Å². The summed E-state index contributed by atoms with van der Waals surface area (Å²) in [5.41, 5.74) is 4.30. The summed E-state index contributed by atoms with van der Waals surface area (Å²) in [5, 5.41) is 3.07. The lowest BCUT2D eigenvalue weighted by molar-refractivity contribution is -0.116. The van der Waals surface area contributed by atoms with Crippen molar-refractivity contribution in [3.8, 4) is 5.75 Å². The number of amides is 1. The van der Waals surface area contributed by atoms with E-state index >= 15 is 0 Å². The van der Waals surface area contributed by atoms with Gasteiger partial charge in [0.05, 0.1) is 24.4 Å². The first kappa shape index (κ1) is 20.2. The zero-order chi connectivity index (χ0) is 19.9. The molecule has 2 aromatic rings. The number of likely N-dealkylation sites (N-methyl/N-ethyl adjacent to an activating group) is 1. The second-order valence-electron chi connectivity index (χ2n) is 7.41. The first-order valence-corrected chi connectivity index (χ1v) is 10.1. The van der Waals surface area contributed by atoms with Gasteiger partial charge in [0.1, 0.15) is 5.75 Å². The third-order valence-corrected chi connectivity index (χ3v) is 5.13. The summed E-state index contributed by atoms with van der Waals surface area (Å²) in [7, 11) is 0. The molecular formula is C23H31N3O2. The average molecular weight is 382 g/mol. The molecule has 0 radical (unpaired) electrons. The number of ether oxygens (including phenoxy) is 1. The molecule has 0 aromatic heterocycles. The molecule has 5 heteroatoms. The van der Waals surface area contributed by atoms with Gasteiger partial charge in [-0.2, -0.15) is 0 Å². The summed E-state index contributed by atoms with van der Waals surface area (Å²) in [6.45, 7) is 11.8. The van der Waals surface area contributed by atoms with E-state index in [1.807, 2.05) is 44.2 Å². The number of hydrogen-bond donors (Lipinski definition) is 1. The molecule has 1 fully saturated rings. The van der Waals surface area contributed by atoms with E-state index in [9.17, 15) is 4.79 Å². The van der Waals surface area contributed by atoms with Crippen LogP contribution in [0.3, 0.4) is 0 Å². The summed E-state index contributed by atoms with van der Waals surface area (Å²) in [4.78, 5) is 17.3. The van der Waals surface area contributed by atoms with Crippen LogP contribution >= 0.6 is 0 Å². The Morgan fingerprint density at radius 1 is 1.04 bits per heavy atom. The van der Waals surface area contributed by atoms with Crippen LogP contribution in [-0.2, 0) is 4.79 Å². The maximum Gasteiger partial charge on any atom is 0.227 e. The lowest BCUT2D eigenvalue weighted by Crippen LogP contribution is -2.46. The van der Waals surface area contributed by atoms with Gasteiger partial charge in [0.15, 0.2) is 0 Å². The number of carbonyl (C=O) groups is 1. The molecule has 28 heavy (non-hydrogen) atoms. The van der Waals surface area contributed by atoms with Crippen molar-refractivity contribution in [1.29, 1.82) is 0 Å². The molecular weight excluding hydrogens is 350 g/mol. The summed E-state index contributed by atoms with van der Waals surface area (Å²) < 4.78 is 5.77. The van der Waals surface area contributed by atoms with Crippen LogP contribution in [0.25, 0.3) is 0 Å². The predicted molar refractivity (Wildman–Crippen MR) is 115 cm³/mol. The van der Waals surface area contributed by atoms with Crippen molar-refractivity contribution in [2.24, 2.45) is 0 Å². The molecule has 0 bridgehead atoms. The Morgan fingerprint density at radius 3 is 2.39 bits per heavy atom. The fourth-order valence-electron chi connectivity index (χ4n) is 3.65. The minimum atomic E-state index is -0.0241. The van der Waals surface area contributed by atoms with Gasteiger partial charge >= 0.3 is 0 Å². The minimum Gasteiger partial charge on any atom is -0.493 e. The van der Waals surface area contributed by atoms with Crippen molar-refractivity contribution >= 4 is 17.3 Å². The van der Waals surface area contributed by atoms with Crippen molar-refractivity contribution in [3.05, 3.63) is 53.6 Å². The Morgan fingerprint density at radius 2 is 1.71 bits per heavy atom. The third-order valence-electron chi connectivity index (χ3n) is 5.13. The Hall–Kier alpha value is -2.53. The van der Waals surface area contributed by atoms with E-state index < -0.39 is 0 Å². The Bertz CT molecular complexity index is 778. The van der Waals surface area contributed by atoms with Crippen molar-refractivity contribution in [3.63, 3.8) is 0 Å². The zero-order valence-electron chi connectivity index (χ0n) is 17.2. The van der Waals surface area contributed by atoms with Crippen LogP contribution in [0.4, 0.5) is 11.4 Å². The molecule has 1 amide bonds. The fourth-order valence-corrected chi connectivity index (χ4v) is 3.65. The largest absolute Gasteiger partial charge is 0.493 e. The molecule has 1 saturated heterocycles. The smallest absolute Gasteiger partial charge is 0.227 e. The Labute approximate surface area is 168 Å². The van der Waals surface area contributed by atoms with Gasteiger partial charge < -0.3 is 19.9 Å². The minimum absolute atomic E-state index is 0.0241. The molecule has 5 nitrogen and oxygen atoms in total. The molecule has 0 unspecified atom stereocenters. The van der Waals surface area contributed by atoms with Gasteiger partial charge in [0.2, 0.25) is 5.91 Å². The highest BCUT2D eigenvalue weighted by molar-refractivity contribution is 5.94. The van der Waals surface area contributed by atoms with Gasteiger partial charge in [0.25, 0.3) is 0 Å². The summed E-state index contributed by atoms with van der Waals surface area (Å²) >= 11 is 0. The molecule has 1 N–H and O–H groups in total. The number of nitrogens with one attached hydrogen (secondary N) is 1. The topological polar surface area (TPSA) is 44.8 Å². The number of para-hydroxylation sites is 2. The van der Waals surface area contributed by atoms with E-state index in [2.05, 4.69) is 34.2 Å². The highest BCUT2D eigenvalue weighted by atomic mass is 16.5. The first-order valence-electron chi connectivity index (χ1n) is 10.1. The van der Waals surface area contributed by atoms with E-state index in [4.69, 9.17) is 4.74 Å². The maximum absolute atomic E-state index is 12.5. The highest BCUT2D eigenvalue weighted by Gasteiger charge is 2.18. The molecule has 150 valence electrons. The van der Waals surface area contributed by atoms with Crippen LogP contribution in [0.15, 0.2) is 42.5 Å². The quantitative estimate of drug-likeness (QED) is 0.791. The normalized spacial score (nSPS) is 14.8. The number of nitrogens with zero attached hydrogens (tertiary/aromatic N) is 2. The molecule has 2 aromatic carbocycles. The molecule has 0 atom stereocenters. The second kappa shape index (κ2) is 9.60. The van der Waals surface area contributed by atoms with Crippen molar-refractivity contribution in [2.75, 3.05) is 49.5 Å². The average Bonchev–Trinajstić information content (AvgIpc) is 2.68. The third kappa shape index (κ3) is 5.49. The van der Waals surface area contributed by atoms with Gasteiger partial charge in [-0.1, -0.05) is 25.1 Å². The standard InChI is InChI=1S/C23H31N3O2/c1-4-25-10-12-26(13-11-25)22-8-6-5-7-21(22)24-23(27)9-14-28-20-16-18(2)15-19(3)17-20/h5-8,15-17H,4,9-14H2,1-3H3,(H,24,27). The Kier molecular flexibility index (Phi) is 6.93. The SMILES string of the molecule is CCN1CCN(c2ccccc2NC(=O)CCOc2cc(C)cc(C)c2)CC1. The maximum atomic E-state index is 12.5. The number of hydrogen-bond acceptors (Lipinski definition) is 4. The lowest BCUT2D eigenvalue weighted by atomic mass is 10.1. The fraction of sp³-hybridized carbons (Fsp3) is 0.435. The molecule has 0 saturated carbocycles. The predicted octanol–water partition coefficient (Wildman–Crippen LogP) is 3.85. The first-order chi connectivity index (χ1) is 13.5. The number of rotatable bonds is 7. The van der Waals surface area contributed by atoms with Gasteiger partial charge in [-0.3, -0.25) is 4.79 Å². The van der Waals surface area contributed by atoms with Crippen LogP contribution in [0.5, 0.6) is 5.75 Å². The number of piperazine rings is 1. The number of anilines is 2. The number of aryl methyl sites for hydroxylation is 2. The van der Waals surface area contributed by atoms with Crippen molar-refractivity contribution < 1.29 is 9.53 Å². The van der Waals surface area contributed by atoms with E-state index in [-0.39, 0.29) is 5.91 Å². The summed E-state index contributed by atoms with van der Waals surface area (Å²) in [5.74, 6) is 0.795. The van der Waals surface area contributed by atoms with Crippen molar-refractivity contribution in [1.82, 2.24) is 4.90 Å². The van der Waals surface area contributed by atoms with E-state index in [1.165, 1.54) is 0 Å². The second-order valence-corrected chi connectivity index (χ2v) is 7.41. The number of carbonyl (C=O) groups excluding carboxylic acids is 1. The monoisotopic (exact) mass is 381 g/mol. The van der Waals surface area contributed by atoms with Crippen LogP contribution in [0, 0.1) is 13.8 Å². The molecule has 0 spiro atoms. The molecule has 3 rings (SSSR count). The number of benzene rings is 2. The zero-order valence-corrected chi connectivity index (χ0v) is 17.2. The van der Waals surface area contributed by atoms with Crippen LogP contribution in [0.2, 0.25) is 0 Å². The van der Waals surface area contributed by atoms with Gasteiger partial charge in [-0.15, -0.1) is 0 Å². The molecule has 0 aliphatic carbocycles. The Balaban J connectivity index is 1.54. The van der Waals surface area contributed by atoms with Crippen LogP contribution in [-0.4, -0.2) is 50.1 Å². The summed E-state index contributed by atoms with van der Waals surface area (Å²) in [6, 6.07) is 14.2. The molecule has 1 heterocycles. The summed E-state index contributed by atoms with van der Waals surface area (Å²) in [6.07, 6.45) is 0.324.